The molecule has 2 aliphatic rings. The minimum absolute atomic E-state index is 0.0942. The third kappa shape index (κ3) is 6.70. The standard InChI is InChI=1S/C36H43N7O5S2/c1-19(2)30(41-34(45)47-6)33(44)42-13-7-10-25(42)32-38-21-12-11-20(15-22(21)39-32)26-16-28-29(49-26)17-27(50-28)23-18-37-31(40-23)24-9-8-14-43(24)35(46)48-36(3,4)5/h11-12,15-19,24-25,30H,7-10,13-14H2,1-6H3,(H,37,40)(H,38,39)(H,41,45). The summed E-state index contributed by atoms with van der Waals surface area (Å²) in [7, 11) is 1.30. The van der Waals surface area contributed by atoms with Crippen LogP contribution in [-0.4, -0.2) is 79.7 Å². The summed E-state index contributed by atoms with van der Waals surface area (Å²) in [6.07, 6.45) is 4.37. The highest BCUT2D eigenvalue weighted by Crippen LogP contribution is 2.43. The Kier molecular flexibility index (Phi) is 9.10. The molecule has 5 aromatic rings. The number of aromatic nitrogens is 4. The minimum atomic E-state index is -0.676. The van der Waals surface area contributed by atoms with E-state index in [1.165, 1.54) is 16.5 Å². The van der Waals surface area contributed by atoms with Gasteiger partial charge in [0.15, 0.2) is 0 Å². The van der Waals surface area contributed by atoms with Crippen LogP contribution in [0.1, 0.15) is 84.0 Å². The number of hydrogen-bond acceptors (Lipinski definition) is 9. The molecule has 4 aromatic heterocycles. The van der Waals surface area contributed by atoms with Gasteiger partial charge >= 0.3 is 12.2 Å². The third-order valence-electron chi connectivity index (χ3n) is 9.29. The number of imidazole rings is 2. The van der Waals surface area contributed by atoms with Gasteiger partial charge in [-0.3, -0.25) is 9.69 Å². The summed E-state index contributed by atoms with van der Waals surface area (Å²) < 4.78 is 12.8. The molecule has 14 heteroatoms. The molecule has 0 spiro atoms. The lowest BCUT2D eigenvalue weighted by Gasteiger charge is -2.29. The van der Waals surface area contributed by atoms with Crippen LogP contribution in [0.4, 0.5) is 9.59 Å². The van der Waals surface area contributed by atoms with Crippen molar-refractivity contribution in [3.8, 4) is 21.0 Å². The van der Waals surface area contributed by atoms with Crippen LogP contribution < -0.4 is 5.32 Å². The number of benzene rings is 1. The second kappa shape index (κ2) is 13.4. The van der Waals surface area contributed by atoms with Gasteiger partial charge in [0.2, 0.25) is 5.91 Å². The lowest BCUT2D eigenvalue weighted by atomic mass is 10.0. The van der Waals surface area contributed by atoms with E-state index in [1.807, 2.05) is 51.8 Å². The number of methoxy groups -OCH3 is 1. The van der Waals surface area contributed by atoms with Gasteiger partial charge in [-0.25, -0.2) is 19.6 Å². The van der Waals surface area contributed by atoms with Crippen molar-refractivity contribution < 1.29 is 23.9 Å². The normalized spacial score (nSPS) is 18.8. The number of H-pyrrole nitrogens is 2. The molecule has 0 bridgehead atoms. The van der Waals surface area contributed by atoms with E-state index in [0.29, 0.717) is 13.1 Å². The van der Waals surface area contributed by atoms with Crippen LogP contribution >= 0.6 is 22.7 Å². The number of carbonyl (C=O) groups is 3. The first-order chi connectivity index (χ1) is 23.9. The predicted octanol–water partition coefficient (Wildman–Crippen LogP) is 8.01. The Balaban J connectivity index is 1.07. The number of nitrogens with one attached hydrogen (secondary N) is 3. The summed E-state index contributed by atoms with van der Waals surface area (Å²) in [5.74, 6) is 1.32. The number of likely N-dealkylation sites (tertiary alicyclic amines) is 2. The Morgan fingerprint density at radius 1 is 0.940 bits per heavy atom. The fourth-order valence-electron chi connectivity index (χ4n) is 6.87. The summed E-state index contributed by atoms with van der Waals surface area (Å²) in [6.45, 7) is 10.7. The van der Waals surface area contributed by atoms with Crippen LogP contribution in [0.5, 0.6) is 0 Å². The monoisotopic (exact) mass is 717 g/mol. The maximum Gasteiger partial charge on any atom is 0.410 e. The highest BCUT2D eigenvalue weighted by Gasteiger charge is 2.38. The summed E-state index contributed by atoms with van der Waals surface area (Å²) in [4.78, 5) is 60.8. The second-order valence-electron chi connectivity index (χ2n) is 14.4. The Morgan fingerprint density at radius 3 is 2.32 bits per heavy atom. The lowest BCUT2D eigenvalue weighted by molar-refractivity contribution is -0.135. The molecule has 50 heavy (non-hydrogen) atoms. The first kappa shape index (κ1) is 34.0. The Hall–Kier alpha value is -4.43. The molecule has 2 fully saturated rings. The van der Waals surface area contributed by atoms with Gasteiger partial charge in [0.05, 0.1) is 47.0 Å². The Bertz CT molecular complexity index is 2020. The number of nitrogens with zero attached hydrogens (tertiary/aromatic N) is 4. The number of alkyl carbamates (subject to hydrolysis) is 1. The largest absolute Gasteiger partial charge is 0.453 e. The summed E-state index contributed by atoms with van der Waals surface area (Å²) >= 11 is 3.46. The highest BCUT2D eigenvalue weighted by atomic mass is 32.1. The zero-order chi connectivity index (χ0) is 35.3. The van der Waals surface area contributed by atoms with Crippen molar-refractivity contribution in [1.29, 1.82) is 0 Å². The molecule has 0 aliphatic carbocycles. The molecule has 3 N–H and O–H groups in total. The van der Waals surface area contributed by atoms with E-state index in [-0.39, 0.29) is 30.0 Å². The van der Waals surface area contributed by atoms with Gasteiger partial charge in [0, 0.05) is 27.4 Å². The number of fused-ring (bicyclic) bond motifs is 2. The quantitative estimate of drug-likeness (QED) is 0.155. The molecule has 2 aliphatic heterocycles. The zero-order valence-electron chi connectivity index (χ0n) is 29.2. The van der Waals surface area contributed by atoms with Gasteiger partial charge in [0.25, 0.3) is 0 Å². The molecule has 3 atom stereocenters. The molecule has 0 radical (unpaired) electrons. The number of ether oxygens (including phenoxy) is 2. The molecule has 7 rings (SSSR count). The molecule has 1 aromatic carbocycles. The molecule has 12 nitrogen and oxygen atoms in total. The van der Waals surface area contributed by atoms with Crippen LogP contribution in [0.3, 0.4) is 0 Å². The van der Waals surface area contributed by atoms with Crippen LogP contribution in [0, 0.1) is 5.92 Å². The highest BCUT2D eigenvalue weighted by molar-refractivity contribution is 7.31. The number of thiophene rings is 2. The minimum Gasteiger partial charge on any atom is -0.453 e. The first-order valence-electron chi connectivity index (χ1n) is 17.1. The van der Waals surface area contributed by atoms with E-state index < -0.39 is 17.7 Å². The van der Waals surface area contributed by atoms with Crippen molar-refractivity contribution in [2.45, 2.75) is 84.0 Å². The van der Waals surface area contributed by atoms with Crippen LogP contribution in [-0.2, 0) is 14.3 Å². The van der Waals surface area contributed by atoms with Crippen molar-refractivity contribution in [1.82, 2.24) is 35.1 Å². The van der Waals surface area contributed by atoms with Crippen molar-refractivity contribution >= 4 is 61.2 Å². The molecule has 3 unspecified atom stereocenters. The summed E-state index contributed by atoms with van der Waals surface area (Å²) in [5, 5.41) is 2.71. The second-order valence-corrected chi connectivity index (χ2v) is 16.5. The average Bonchev–Trinajstić information content (AvgIpc) is 3.90. The van der Waals surface area contributed by atoms with Gasteiger partial charge in [0.1, 0.15) is 23.3 Å². The molecular formula is C36H43N7O5S2. The van der Waals surface area contributed by atoms with Gasteiger partial charge in [-0.1, -0.05) is 19.9 Å². The number of rotatable bonds is 7. The van der Waals surface area contributed by atoms with Gasteiger partial charge in [-0.15, -0.1) is 22.7 Å². The maximum atomic E-state index is 13.6. The first-order valence-corrected chi connectivity index (χ1v) is 18.7. The van der Waals surface area contributed by atoms with E-state index in [0.717, 1.165) is 69.4 Å². The third-order valence-corrected chi connectivity index (χ3v) is 11.7. The predicted molar refractivity (Wildman–Crippen MR) is 195 cm³/mol. The van der Waals surface area contributed by atoms with E-state index in [2.05, 4.69) is 44.5 Å². The van der Waals surface area contributed by atoms with Crippen molar-refractivity contribution in [3.05, 3.63) is 48.2 Å². The van der Waals surface area contributed by atoms with Crippen LogP contribution in [0.2, 0.25) is 0 Å². The Morgan fingerprint density at radius 2 is 1.62 bits per heavy atom. The van der Waals surface area contributed by atoms with E-state index >= 15 is 0 Å². The number of aromatic amines is 2. The summed E-state index contributed by atoms with van der Waals surface area (Å²) in [6, 6.07) is 9.67. The topological polar surface area (TPSA) is 146 Å². The van der Waals surface area contributed by atoms with E-state index in [4.69, 9.17) is 14.5 Å². The number of amides is 3. The molecule has 2 saturated heterocycles. The average molecular weight is 718 g/mol. The maximum absolute atomic E-state index is 13.6. The number of carbonyl (C=O) groups excluding carboxylic acids is 3. The van der Waals surface area contributed by atoms with Crippen molar-refractivity contribution in [2.24, 2.45) is 5.92 Å². The van der Waals surface area contributed by atoms with E-state index in [1.54, 1.807) is 27.6 Å². The van der Waals surface area contributed by atoms with Crippen molar-refractivity contribution in [2.75, 3.05) is 20.2 Å². The molecule has 0 saturated carbocycles. The summed E-state index contributed by atoms with van der Waals surface area (Å²) in [5.41, 5.74) is 3.25. The SMILES string of the molecule is COC(=O)NC(C(=O)N1CCCC1c1nc2ccc(-c3cc4sc(-c5cnc(C6CCCN6C(=O)OC(C)(C)C)[nH]5)cc4s3)cc2[nH]1)C(C)C. The lowest BCUT2D eigenvalue weighted by Crippen LogP contribution is -2.51. The molecule has 264 valence electrons. The fraction of sp³-hybridized carbons (Fsp3) is 0.472. The molecule has 6 heterocycles. The smallest absolute Gasteiger partial charge is 0.410 e. The van der Waals surface area contributed by atoms with Crippen molar-refractivity contribution in [3.63, 3.8) is 0 Å². The number of hydrogen-bond donors (Lipinski definition) is 3. The van der Waals surface area contributed by atoms with Gasteiger partial charge in [-0.2, -0.15) is 0 Å². The molecule has 3 amide bonds. The fourth-order valence-corrected chi connectivity index (χ4v) is 9.22. The molecular weight excluding hydrogens is 675 g/mol. The van der Waals surface area contributed by atoms with E-state index in [9.17, 15) is 14.4 Å². The van der Waals surface area contributed by atoms with Gasteiger partial charge in [-0.05, 0) is 82.2 Å². The Labute approximate surface area is 298 Å². The van der Waals surface area contributed by atoms with Crippen LogP contribution in [0.15, 0.2) is 36.5 Å². The van der Waals surface area contributed by atoms with Gasteiger partial charge < -0.3 is 29.7 Å². The van der Waals surface area contributed by atoms with Crippen LogP contribution in [0.25, 0.3) is 41.4 Å². The zero-order valence-corrected chi connectivity index (χ0v) is 30.8.